The molecule has 1 aromatic rings. The summed E-state index contributed by atoms with van der Waals surface area (Å²) in [6, 6.07) is -0.356. The standard InChI is InChI=1S/C12H19N3O5S/c1-8-10(11(17)18)21-9(14-8)7-13-12(19)15(3-5-16)4-6-20-2/h16H,3-7H2,1-2H3,(H,13,19)(H,17,18). The van der Waals surface area contributed by atoms with Gasteiger partial charge < -0.3 is 25.2 Å². The molecule has 0 aliphatic heterocycles. The minimum atomic E-state index is -1.02. The highest BCUT2D eigenvalue weighted by Crippen LogP contribution is 2.17. The number of carboxylic acids is 1. The minimum Gasteiger partial charge on any atom is -0.477 e. The zero-order chi connectivity index (χ0) is 15.8. The Hall–Kier alpha value is -1.71. The lowest BCUT2D eigenvalue weighted by Crippen LogP contribution is -2.42. The van der Waals surface area contributed by atoms with Crippen molar-refractivity contribution in [3.63, 3.8) is 0 Å². The van der Waals surface area contributed by atoms with Crippen LogP contribution in [0.2, 0.25) is 0 Å². The molecule has 0 bridgehead atoms. The second-order valence-corrected chi connectivity index (χ2v) is 5.27. The number of hydrogen-bond donors (Lipinski definition) is 3. The van der Waals surface area contributed by atoms with Gasteiger partial charge in [-0.15, -0.1) is 11.3 Å². The molecule has 0 fully saturated rings. The molecule has 0 saturated heterocycles. The molecular weight excluding hydrogens is 298 g/mol. The van der Waals surface area contributed by atoms with Gasteiger partial charge in [0.05, 0.1) is 25.5 Å². The predicted octanol–water partition coefficient (Wildman–Crippen LogP) is 0.300. The summed E-state index contributed by atoms with van der Waals surface area (Å²) in [5.74, 6) is -1.02. The van der Waals surface area contributed by atoms with Crippen LogP contribution in [0.25, 0.3) is 0 Å². The van der Waals surface area contributed by atoms with Gasteiger partial charge in [-0.2, -0.15) is 0 Å². The number of aryl methyl sites for hydroxylation is 1. The molecule has 21 heavy (non-hydrogen) atoms. The van der Waals surface area contributed by atoms with Gasteiger partial charge in [0.15, 0.2) is 0 Å². The molecule has 3 N–H and O–H groups in total. The lowest BCUT2D eigenvalue weighted by atomic mass is 10.4. The Labute approximate surface area is 126 Å². The SMILES string of the molecule is COCCN(CCO)C(=O)NCc1nc(C)c(C(=O)O)s1. The van der Waals surface area contributed by atoms with Crippen molar-refractivity contribution in [3.05, 3.63) is 15.6 Å². The fraction of sp³-hybridized carbons (Fsp3) is 0.583. The van der Waals surface area contributed by atoms with Crippen LogP contribution in [0.15, 0.2) is 0 Å². The maximum atomic E-state index is 11.9. The second-order valence-electron chi connectivity index (χ2n) is 4.19. The molecule has 0 radical (unpaired) electrons. The number of carbonyl (C=O) groups excluding carboxylic acids is 1. The van der Waals surface area contributed by atoms with E-state index in [2.05, 4.69) is 10.3 Å². The van der Waals surface area contributed by atoms with E-state index >= 15 is 0 Å². The molecule has 2 amide bonds. The predicted molar refractivity (Wildman–Crippen MR) is 76.6 cm³/mol. The number of nitrogens with zero attached hydrogens (tertiary/aromatic N) is 2. The van der Waals surface area contributed by atoms with E-state index in [1.807, 2.05) is 0 Å². The van der Waals surface area contributed by atoms with Gasteiger partial charge in [0.25, 0.3) is 0 Å². The Bertz CT molecular complexity index is 491. The molecule has 118 valence electrons. The van der Waals surface area contributed by atoms with Gasteiger partial charge in [0.2, 0.25) is 0 Å². The van der Waals surface area contributed by atoms with Crippen LogP contribution in [0, 0.1) is 6.92 Å². The van der Waals surface area contributed by atoms with Crippen molar-refractivity contribution in [3.8, 4) is 0 Å². The average Bonchev–Trinajstić information content (AvgIpc) is 2.82. The number of carboxylic acid groups (broad SMARTS) is 1. The maximum absolute atomic E-state index is 11.9. The van der Waals surface area contributed by atoms with Crippen molar-refractivity contribution in [1.29, 1.82) is 0 Å². The van der Waals surface area contributed by atoms with Crippen LogP contribution in [0.1, 0.15) is 20.4 Å². The maximum Gasteiger partial charge on any atom is 0.347 e. The number of ether oxygens (including phenoxy) is 1. The molecule has 0 saturated carbocycles. The third kappa shape index (κ3) is 5.29. The third-order valence-electron chi connectivity index (χ3n) is 2.65. The van der Waals surface area contributed by atoms with Crippen molar-refractivity contribution in [2.45, 2.75) is 13.5 Å². The molecule has 1 rings (SSSR count). The highest BCUT2D eigenvalue weighted by molar-refractivity contribution is 7.13. The Morgan fingerprint density at radius 2 is 2.14 bits per heavy atom. The number of amides is 2. The van der Waals surface area contributed by atoms with Crippen molar-refractivity contribution < 1.29 is 24.5 Å². The van der Waals surface area contributed by atoms with Gasteiger partial charge in [-0.25, -0.2) is 14.6 Å². The highest BCUT2D eigenvalue weighted by atomic mass is 32.1. The third-order valence-corrected chi connectivity index (χ3v) is 3.79. The van der Waals surface area contributed by atoms with Gasteiger partial charge in [-0.05, 0) is 6.92 Å². The van der Waals surface area contributed by atoms with Crippen LogP contribution < -0.4 is 5.32 Å². The van der Waals surface area contributed by atoms with Crippen molar-refractivity contribution >= 4 is 23.3 Å². The Balaban J connectivity index is 2.57. The average molecular weight is 317 g/mol. The van der Waals surface area contributed by atoms with E-state index in [9.17, 15) is 9.59 Å². The molecule has 1 heterocycles. The minimum absolute atomic E-state index is 0.142. The molecule has 0 spiro atoms. The first-order valence-electron chi connectivity index (χ1n) is 6.31. The number of carbonyl (C=O) groups is 2. The number of methoxy groups -OCH3 is 1. The molecule has 8 nitrogen and oxygen atoms in total. The Morgan fingerprint density at radius 3 is 2.67 bits per heavy atom. The first-order valence-corrected chi connectivity index (χ1v) is 7.13. The summed E-state index contributed by atoms with van der Waals surface area (Å²) in [4.78, 5) is 28.6. The van der Waals surface area contributed by atoms with Gasteiger partial charge in [0, 0.05) is 20.2 Å². The zero-order valence-electron chi connectivity index (χ0n) is 12.0. The largest absolute Gasteiger partial charge is 0.477 e. The number of aromatic nitrogens is 1. The molecule has 9 heteroatoms. The van der Waals surface area contributed by atoms with Crippen LogP contribution in [-0.2, 0) is 11.3 Å². The Morgan fingerprint density at radius 1 is 1.43 bits per heavy atom. The number of hydrogen-bond acceptors (Lipinski definition) is 6. The summed E-state index contributed by atoms with van der Waals surface area (Å²) in [6.07, 6.45) is 0. The van der Waals surface area contributed by atoms with Crippen LogP contribution in [0.4, 0.5) is 4.79 Å². The first kappa shape index (κ1) is 17.3. The number of urea groups is 1. The fourth-order valence-electron chi connectivity index (χ4n) is 1.63. The van der Waals surface area contributed by atoms with Gasteiger partial charge in [-0.1, -0.05) is 0 Å². The van der Waals surface area contributed by atoms with Crippen LogP contribution in [0.5, 0.6) is 0 Å². The van der Waals surface area contributed by atoms with Gasteiger partial charge in [-0.3, -0.25) is 0 Å². The number of nitrogens with one attached hydrogen (secondary N) is 1. The lowest BCUT2D eigenvalue weighted by molar-refractivity contribution is 0.0701. The fourth-order valence-corrected chi connectivity index (χ4v) is 2.47. The number of aliphatic hydroxyl groups is 1. The molecule has 1 aromatic heterocycles. The number of aliphatic hydroxyl groups excluding tert-OH is 1. The summed E-state index contributed by atoms with van der Waals surface area (Å²) in [5.41, 5.74) is 0.434. The Kier molecular flexibility index (Phi) is 7.06. The molecule has 0 aromatic carbocycles. The number of aromatic carboxylic acids is 1. The van der Waals surface area contributed by atoms with Gasteiger partial charge in [0.1, 0.15) is 9.88 Å². The second kappa shape index (κ2) is 8.55. The summed E-state index contributed by atoms with van der Waals surface area (Å²) in [6.45, 7) is 2.55. The molecule has 0 unspecified atom stereocenters. The van der Waals surface area contributed by atoms with Crippen LogP contribution >= 0.6 is 11.3 Å². The van der Waals surface area contributed by atoms with Crippen molar-refractivity contribution in [1.82, 2.24) is 15.2 Å². The summed E-state index contributed by atoms with van der Waals surface area (Å²) < 4.78 is 4.90. The zero-order valence-corrected chi connectivity index (χ0v) is 12.8. The molecular formula is C12H19N3O5S. The van der Waals surface area contributed by atoms with E-state index in [0.29, 0.717) is 23.9 Å². The van der Waals surface area contributed by atoms with Crippen LogP contribution in [-0.4, -0.2) is 65.5 Å². The molecule has 0 aliphatic carbocycles. The number of thiazole rings is 1. The van der Waals surface area contributed by atoms with Crippen molar-refractivity contribution in [2.24, 2.45) is 0 Å². The first-order chi connectivity index (χ1) is 9.99. The van der Waals surface area contributed by atoms with Gasteiger partial charge >= 0.3 is 12.0 Å². The molecule has 0 atom stereocenters. The van der Waals surface area contributed by atoms with E-state index in [1.54, 1.807) is 6.92 Å². The van der Waals surface area contributed by atoms with E-state index in [4.69, 9.17) is 14.9 Å². The topological polar surface area (TPSA) is 112 Å². The quantitative estimate of drug-likeness (QED) is 0.636. The van der Waals surface area contributed by atoms with E-state index in [-0.39, 0.29) is 30.6 Å². The van der Waals surface area contributed by atoms with Crippen LogP contribution in [0.3, 0.4) is 0 Å². The summed E-state index contributed by atoms with van der Waals surface area (Å²) >= 11 is 1.03. The normalized spacial score (nSPS) is 10.4. The molecule has 0 aliphatic rings. The van der Waals surface area contributed by atoms with Crippen molar-refractivity contribution in [2.75, 3.05) is 33.4 Å². The van der Waals surface area contributed by atoms with E-state index in [0.717, 1.165) is 11.3 Å². The smallest absolute Gasteiger partial charge is 0.347 e. The van der Waals surface area contributed by atoms with E-state index < -0.39 is 5.97 Å². The summed E-state index contributed by atoms with van der Waals surface area (Å²) in [5, 5.41) is 21.0. The number of rotatable bonds is 8. The summed E-state index contributed by atoms with van der Waals surface area (Å²) in [7, 11) is 1.53. The lowest BCUT2D eigenvalue weighted by Gasteiger charge is -2.21. The highest BCUT2D eigenvalue weighted by Gasteiger charge is 2.16. The van der Waals surface area contributed by atoms with E-state index in [1.165, 1.54) is 12.0 Å². The monoisotopic (exact) mass is 317 g/mol.